The van der Waals surface area contributed by atoms with Crippen molar-refractivity contribution in [1.29, 1.82) is 0 Å². The normalized spacial score (nSPS) is 12.7. The summed E-state index contributed by atoms with van der Waals surface area (Å²) in [4.78, 5) is 21.5. The molecule has 0 aliphatic heterocycles. The van der Waals surface area contributed by atoms with Gasteiger partial charge in [0, 0.05) is 0 Å². The Morgan fingerprint density at radius 2 is 1.59 bits per heavy atom. The number of fused-ring (bicyclic) bond motifs is 2. The topological polar surface area (TPSA) is 72.9 Å². The Bertz CT molecular complexity index is 1210. The van der Waals surface area contributed by atoms with Crippen LogP contribution in [-0.4, -0.2) is 30.3 Å². The van der Waals surface area contributed by atoms with Gasteiger partial charge in [0.05, 0.1) is 53.8 Å². The van der Waals surface area contributed by atoms with Crippen molar-refractivity contribution in [3.8, 4) is 0 Å². The van der Waals surface area contributed by atoms with Crippen LogP contribution in [0.2, 0.25) is 0 Å². The number of aliphatic hydroxyl groups excluding tert-OH is 1. The highest BCUT2D eigenvalue weighted by molar-refractivity contribution is 5.78. The summed E-state index contributed by atoms with van der Waals surface area (Å²) in [6.07, 6.45) is 2.51. The van der Waals surface area contributed by atoms with Crippen LogP contribution in [-0.2, 0) is 13.1 Å². The Kier molecular flexibility index (Phi) is 4.28. The van der Waals surface area contributed by atoms with Crippen molar-refractivity contribution in [2.45, 2.75) is 40.0 Å². The molecule has 0 spiro atoms. The first-order valence-electron chi connectivity index (χ1n) is 8.98. The van der Waals surface area contributed by atoms with Crippen LogP contribution < -0.4 is 5.56 Å². The van der Waals surface area contributed by atoms with Gasteiger partial charge in [-0.25, -0.2) is 9.97 Å². The fraction of sp³-hybridized carbons (Fsp3) is 0.286. The number of hydrogen-bond donors (Lipinski definition) is 1. The van der Waals surface area contributed by atoms with E-state index in [1.165, 1.54) is 22.0 Å². The zero-order chi connectivity index (χ0) is 19.1. The molecular formula is C21H22N4O2. The quantitative estimate of drug-likeness (QED) is 0.606. The number of nitrogens with zero attached hydrogens (tertiary/aromatic N) is 4. The summed E-state index contributed by atoms with van der Waals surface area (Å²) in [5, 5.41) is 11.1. The molecule has 0 aliphatic carbocycles. The maximum atomic E-state index is 12.7. The van der Waals surface area contributed by atoms with Crippen molar-refractivity contribution in [2.24, 2.45) is 0 Å². The molecule has 0 amide bonds. The third kappa shape index (κ3) is 3.24. The maximum Gasteiger partial charge on any atom is 0.261 e. The van der Waals surface area contributed by atoms with Crippen molar-refractivity contribution in [3.05, 3.63) is 70.0 Å². The number of benzene rings is 2. The van der Waals surface area contributed by atoms with Crippen LogP contribution >= 0.6 is 0 Å². The van der Waals surface area contributed by atoms with Crippen molar-refractivity contribution in [1.82, 2.24) is 19.1 Å². The lowest BCUT2D eigenvalue weighted by Crippen LogP contribution is -2.29. The number of hydrogen-bond acceptors (Lipinski definition) is 4. The van der Waals surface area contributed by atoms with Gasteiger partial charge in [-0.3, -0.25) is 9.36 Å². The molecule has 1 unspecified atom stereocenters. The maximum absolute atomic E-state index is 12.7. The van der Waals surface area contributed by atoms with Crippen LogP contribution in [0.25, 0.3) is 21.9 Å². The highest BCUT2D eigenvalue weighted by atomic mass is 16.3. The van der Waals surface area contributed by atoms with Crippen molar-refractivity contribution >= 4 is 21.9 Å². The third-order valence-corrected chi connectivity index (χ3v) is 5.03. The number of rotatable bonds is 4. The molecule has 6 heteroatoms. The van der Waals surface area contributed by atoms with E-state index < -0.39 is 6.10 Å². The monoisotopic (exact) mass is 362 g/mol. The molecule has 1 N–H and O–H groups in total. The highest BCUT2D eigenvalue weighted by Crippen LogP contribution is 2.19. The van der Waals surface area contributed by atoms with Gasteiger partial charge in [0.1, 0.15) is 0 Å². The van der Waals surface area contributed by atoms with Crippen molar-refractivity contribution in [2.75, 3.05) is 0 Å². The molecule has 0 saturated carbocycles. The Morgan fingerprint density at radius 3 is 2.41 bits per heavy atom. The summed E-state index contributed by atoms with van der Waals surface area (Å²) < 4.78 is 3.40. The summed E-state index contributed by atoms with van der Waals surface area (Å²) in [6.45, 7) is 6.60. The molecule has 6 nitrogen and oxygen atoms in total. The van der Waals surface area contributed by atoms with Gasteiger partial charge in [0.15, 0.2) is 0 Å². The molecule has 4 rings (SSSR count). The SMILES string of the molecule is Cc1ccc2ncn(CC(O)Cn3cnc4cc(C)c(C)cc43)c(=O)c2c1. The minimum Gasteiger partial charge on any atom is -0.389 e. The molecular weight excluding hydrogens is 340 g/mol. The van der Waals surface area contributed by atoms with E-state index in [2.05, 4.69) is 29.9 Å². The van der Waals surface area contributed by atoms with Crippen LogP contribution in [0.5, 0.6) is 0 Å². The van der Waals surface area contributed by atoms with Crippen LogP contribution in [0.1, 0.15) is 16.7 Å². The fourth-order valence-corrected chi connectivity index (χ4v) is 3.37. The molecule has 2 aromatic heterocycles. The van der Waals surface area contributed by atoms with E-state index in [-0.39, 0.29) is 12.1 Å². The van der Waals surface area contributed by atoms with E-state index in [0.29, 0.717) is 17.4 Å². The zero-order valence-corrected chi connectivity index (χ0v) is 15.7. The van der Waals surface area contributed by atoms with E-state index in [0.717, 1.165) is 16.6 Å². The Labute approximate surface area is 156 Å². The molecule has 2 heterocycles. The molecule has 138 valence electrons. The van der Waals surface area contributed by atoms with E-state index in [1.54, 1.807) is 6.33 Å². The lowest BCUT2D eigenvalue weighted by atomic mass is 10.1. The van der Waals surface area contributed by atoms with Crippen LogP contribution in [0.15, 0.2) is 47.8 Å². The molecule has 0 fully saturated rings. The number of aromatic nitrogens is 4. The molecule has 2 aromatic carbocycles. The lowest BCUT2D eigenvalue weighted by Gasteiger charge is -2.14. The first kappa shape index (κ1) is 17.4. The van der Waals surface area contributed by atoms with Gasteiger partial charge in [0.25, 0.3) is 5.56 Å². The molecule has 0 bridgehead atoms. The number of aliphatic hydroxyl groups is 1. The standard InChI is InChI=1S/C21H22N4O2/c1-13-4-5-18-17(6-13)21(27)25(12-22-18)10-16(26)9-24-11-23-19-7-14(2)15(3)8-20(19)24/h4-8,11-12,16,26H,9-10H2,1-3H3. The van der Waals surface area contributed by atoms with Gasteiger partial charge in [-0.2, -0.15) is 0 Å². The molecule has 1 atom stereocenters. The van der Waals surface area contributed by atoms with Crippen molar-refractivity contribution < 1.29 is 5.11 Å². The Morgan fingerprint density at radius 1 is 0.926 bits per heavy atom. The molecule has 4 aromatic rings. The lowest BCUT2D eigenvalue weighted by molar-refractivity contribution is 0.134. The number of imidazole rings is 1. The smallest absolute Gasteiger partial charge is 0.261 e. The van der Waals surface area contributed by atoms with E-state index in [1.807, 2.05) is 35.8 Å². The second-order valence-electron chi connectivity index (χ2n) is 7.20. The van der Waals surface area contributed by atoms with E-state index in [4.69, 9.17) is 0 Å². The molecule has 27 heavy (non-hydrogen) atoms. The molecule has 0 saturated heterocycles. The first-order chi connectivity index (χ1) is 12.9. The average molecular weight is 362 g/mol. The summed E-state index contributed by atoms with van der Waals surface area (Å²) in [6, 6.07) is 9.74. The second-order valence-corrected chi connectivity index (χ2v) is 7.20. The second kappa shape index (κ2) is 6.63. The van der Waals surface area contributed by atoms with Crippen molar-refractivity contribution in [3.63, 3.8) is 0 Å². The predicted octanol–water partition coefficient (Wildman–Crippen LogP) is 2.73. The van der Waals surface area contributed by atoms with Gasteiger partial charge in [-0.05, 0) is 56.2 Å². The van der Waals surface area contributed by atoms with Gasteiger partial charge in [-0.1, -0.05) is 11.6 Å². The Balaban J connectivity index is 1.61. The third-order valence-electron chi connectivity index (χ3n) is 5.03. The largest absolute Gasteiger partial charge is 0.389 e. The van der Waals surface area contributed by atoms with E-state index in [9.17, 15) is 9.90 Å². The van der Waals surface area contributed by atoms with E-state index >= 15 is 0 Å². The van der Waals surface area contributed by atoms with Gasteiger partial charge in [-0.15, -0.1) is 0 Å². The summed E-state index contributed by atoms with van der Waals surface area (Å²) in [5.41, 5.74) is 5.81. The van der Waals surface area contributed by atoms with Crippen LogP contribution in [0, 0.1) is 20.8 Å². The van der Waals surface area contributed by atoms with Crippen LogP contribution in [0.4, 0.5) is 0 Å². The average Bonchev–Trinajstić information content (AvgIpc) is 3.00. The highest BCUT2D eigenvalue weighted by Gasteiger charge is 2.13. The number of aryl methyl sites for hydroxylation is 3. The van der Waals surface area contributed by atoms with Gasteiger partial charge >= 0.3 is 0 Å². The summed E-state index contributed by atoms with van der Waals surface area (Å²) in [7, 11) is 0. The van der Waals surface area contributed by atoms with Gasteiger partial charge < -0.3 is 9.67 Å². The molecule has 0 aliphatic rings. The zero-order valence-electron chi connectivity index (χ0n) is 15.7. The minimum atomic E-state index is -0.731. The predicted molar refractivity (Wildman–Crippen MR) is 106 cm³/mol. The summed E-state index contributed by atoms with van der Waals surface area (Å²) in [5.74, 6) is 0. The first-order valence-corrected chi connectivity index (χ1v) is 8.98. The van der Waals surface area contributed by atoms with Crippen LogP contribution in [0.3, 0.4) is 0 Å². The molecule has 0 radical (unpaired) electrons. The minimum absolute atomic E-state index is 0.135. The fourth-order valence-electron chi connectivity index (χ4n) is 3.37. The Hall–Kier alpha value is -2.99. The summed E-state index contributed by atoms with van der Waals surface area (Å²) >= 11 is 0. The van der Waals surface area contributed by atoms with Gasteiger partial charge in [0.2, 0.25) is 0 Å².